The van der Waals surface area contributed by atoms with Crippen LogP contribution in [0.3, 0.4) is 0 Å². The van der Waals surface area contributed by atoms with E-state index < -0.39 is 23.7 Å². The molecular formula is C23H22F2N2O6S. The zero-order valence-corrected chi connectivity index (χ0v) is 19.0. The summed E-state index contributed by atoms with van der Waals surface area (Å²) >= 11 is 0.763. The molecule has 1 aliphatic heterocycles. The highest BCUT2D eigenvalue weighted by atomic mass is 32.2. The maximum atomic E-state index is 12.6. The van der Waals surface area contributed by atoms with E-state index in [9.17, 15) is 23.2 Å². The van der Waals surface area contributed by atoms with Gasteiger partial charge in [-0.3, -0.25) is 19.3 Å². The van der Waals surface area contributed by atoms with Crippen molar-refractivity contribution in [2.75, 3.05) is 33.4 Å². The van der Waals surface area contributed by atoms with Crippen LogP contribution in [-0.2, 0) is 9.53 Å². The van der Waals surface area contributed by atoms with E-state index in [0.29, 0.717) is 23.5 Å². The van der Waals surface area contributed by atoms with E-state index >= 15 is 0 Å². The van der Waals surface area contributed by atoms with E-state index in [-0.39, 0.29) is 30.4 Å². The van der Waals surface area contributed by atoms with E-state index in [1.807, 2.05) is 0 Å². The molecule has 8 nitrogen and oxygen atoms in total. The van der Waals surface area contributed by atoms with Crippen LogP contribution in [-0.4, -0.2) is 62.0 Å². The summed E-state index contributed by atoms with van der Waals surface area (Å²) < 4.78 is 39.3. The molecule has 0 aliphatic carbocycles. The summed E-state index contributed by atoms with van der Waals surface area (Å²) in [5.41, 5.74) is 0.873. The van der Waals surface area contributed by atoms with Gasteiger partial charge in [0.15, 0.2) is 0 Å². The second-order valence-electron chi connectivity index (χ2n) is 6.87. The number of thioether (sulfide) groups is 1. The molecule has 1 N–H and O–H groups in total. The number of nitrogens with zero attached hydrogens (tertiary/aromatic N) is 1. The number of nitrogens with one attached hydrogen (secondary N) is 1. The Morgan fingerprint density at radius 3 is 2.56 bits per heavy atom. The van der Waals surface area contributed by atoms with Gasteiger partial charge >= 0.3 is 6.61 Å². The molecule has 3 rings (SSSR count). The van der Waals surface area contributed by atoms with Crippen molar-refractivity contribution in [3.63, 3.8) is 0 Å². The fraction of sp³-hybridized carbons (Fsp3) is 0.261. The number of carbonyl (C=O) groups is 3. The van der Waals surface area contributed by atoms with Gasteiger partial charge in [-0.2, -0.15) is 8.78 Å². The summed E-state index contributed by atoms with van der Waals surface area (Å²) in [6.07, 6.45) is 1.49. The maximum Gasteiger partial charge on any atom is 0.387 e. The average molecular weight is 493 g/mol. The lowest BCUT2D eigenvalue weighted by Crippen LogP contribution is -2.37. The van der Waals surface area contributed by atoms with E-state index in [2.05, 4.69) is 10.1 Å². The monoisotopic (exact) mass is 492 g/mol. The van der Waals surface area contributed by atoms with Gasteiger partial charge in [-0.25, -0.2) is 0 Å². The van der Waals surface area contributed by atoms with Crippen molar-refractivity contribution in [1.82, 2.24) is 10.2 Å². The molecule has 0 radical (unpaired) electrons. The van der Waals surface area contributed by atoms with Crippen LogP contribution in [0, 0.1) is 0 Å². The van der Waals surface area contributed by atoms with Crippen LogP contribution < -0.4 is 14.8 Å². The Bertz CT molecular complexity index is 1060. The molecule has 0 saturated carbocycles. The molecule has 0 unspecified atom stereocenters. The lowest BCUT2D eigenvalue weighted by molar-refractivity contribution is -0.122. The van der Waals surface area contributed by atoms with Gasteiger partial charge in [-0.15, -0.1) is 0 Å². The smallest absolute Gasteiger partial charge is 0.387 e. The predicted octanol–water partition coefficient (Wildman–Crippen LogP) is 3.78. The molecule has 2 aromatic rings. The standard InChI is InChI=1S/C23H22F2N2O6S/c1-31-12-13-32-18-5-3-2-4-17(18)20(28)26-10-11-27-21(29)19(34-23(27)30)14-15-6-8-16(9-7-15)33-22(24)25/h2-9,14,22H,10-13H2,1H3,(H,26,28). The first-order chi connectivity index (χ1) is 16.4. The van der Waals surface area contributed by atoms with Crippen LogP contribution in [0.1, 0.15) is 15.9 Å². The molecule has 180 valence electrons. The molecule has 3 amide bonds. The molecular weight excluding hydrogens is 470 g/mol. The third kappa shape index (κ3) is 6.78. The van der Waals surface area contributed by atoms with Crippen molar-refractivity contribution >= 4 is 34.9 Å². The minimum Gasteiger partial charge on any atom is -0.490 e. The number of amides is 3. The van der Waals surface area contributed by atoms with Crippen molar-refractivity contribution < 1.29 is 37.4 Å². The zero-order chi connectivity index (χ0) is 24.5. The Kier molecular flexibility index (Phi) is 9.00. The summed E-state index contributed by atoms with van der Waals surface area (Å²) in [6.45, 7) is -2.24. The SMILES string of the molecule is COCCOc1ccccc1C(=O)NCCN1C(=O)SC(=Cc2ccc(OC(F)F)cc2)C1=O. The molecule has 34 heavy (non-hydrogen) atoms. The number of methoxy groups -OCH3 is 1. The predicted molar refractivity (Wildman–Crippen MR) is 122 cm³/mol. The van der Waals surface area contributed by atoms with Gasteiger partial charge in [-0.05, 0) is 47.7 Å². The molecule has 0 aromatic heterocycles. The van der Waals surface area contributed by atoms with E-state index in [1.54, 1.807) is 31.4 Å². The van der Waals surface area contributed by atoms with Crippen molar-refractivity contribution in [3.05, 3.63) is 64.6 Å². The molecule has 0 atom stereocenters. The summed E-state index contributed by atoms with van der Waals surface area (Å²) in [5.74, 6) is -0.514. The number of hydrogen-bond acceptors (Lipinski definition) is 7. The molecule has 11 heteroatoms. The number of imide groups is 1. The first kappa shape index (κ1) is 25.2. The first-order valence-electron chi connectivity index (χ1n) is 10.2. The van der Waals surface area contributed by atoms with Gasteiger partial charge in [0.05, 0.1) is 17.1 Å². The highest BCUT2D eigenvalue weighted by molar-refractivity contribution is 8.18. The van der Waals surface area contributed by atoms with Crippen LogP contribution >= 0.6 is 11.8 Å². The van der Waals surface area contributed by atoms with Crippen molar-refractivity contribution in [3.8, 4) is 11.5 Å². The van der Waals surface area contributed by atoms with E-state index in [4.69, 9.17) is 9.47 Å². The summed E-state index contributed by atoms with van der Waals surface area (Å²) in [4.78, 5) is 38.7. The van der Waals surface area contributed by atoms with Gasteiger partial charge in [0.1, 0.15) is 18.1 Å². The Morgan fingerprint density at radius 2 is 1.85 bits per heavy atom. The first-order valence-corrected chi connectivity index (χ1v) is 11.0. The topological polar surface area (TPSA) is 94.2 Å². The Morgan fingerprint density at radius 1 is 1.12 bits per heavy atom. The van der Waals surface area contributed by atoms with Crippen molar-refractivity contribution in [2.24, 2.45) is 0 Å². The molecule has 2 aromatic carbocycles. The number of halogens is 2. The van der Waals surface area contributed by atoms with Gasteiger partial charge in [0.25, 0.3) is 17.1 Å². The lowest BCUT2D eigenvalue weighted by atomic mass is 10.2. The minimum absolute atomic E-state index is 0.0123. The Balaban J connectivity index is 1.56. The average Bonchev–Trinajstić information content (AvgIpc) is 3.07. The molecule has 0 bridgehead atoms. The molecule has 0 spiro atoms. The number of ether oxygens (including phenoxy) is 3. The number of para-hydroxylation sites is 1. The Hall–Kier alpha value is -3.44. The van der Waals surface area contributed by atoms with E-state index in [0.717, 1.165) is 16.7 Å². The normalized spacial score (nSPS) is 14.7. The van der Waals surface area contributed by atoms with Crippen molar-refractivity contribution in [1.29, 1.82) is 0 Å². The molecule has 1 fully saturated rings. The largest absolute Gasteiger partial charge is 0.490 e. The van der Waals surface area contributed by atoms with Crippen LogP contribution in [0.5, 0.6) is 11.5 Å². The molecule has 1 heterocycles. The highest BCUT2D eigenvalue weighted by Crippen LogP contribution is 2.32. The molecule has 1 saturated heterocycles. The number of benzene rings is 2. The molecule has 1 aliphatic rings. The van der Waals surface area contributed by atoms with Crippen molar-refractivity contribution in [2.45, 2.75) is 6.61 Å². The van der Waals surface area contributed by atoms with Crippen LogP contribution in [0.25, 0.3) is 6.08 Å². The minimum atomic E-state index is -2.93. The second kappa shape index (κ2) is 12.1. The Labute approximate surface area is 198 Å². The van der Waals surface area contributed by atoms with Gasteiger partial charge in [0.2, 0.25) is 0 Å². The van der Waals surface area contributed by atoms with Crippen LogP contribution in [0.15, 0.2) is 53.4 Å². The summed E-state index contributed by atoms with van der Waals surface area (Å²) in [5, 5.41) is 2.22. The van der Waals surface area contributed by atoms with Gasteiger partial charge in [-0.1, -0.05) is 24.3 Å². The van der Waals surface area contributed by atoms with Crippen LogP contribution in [0.4, 0.5) is 13.6 Å². The number of rotatable bonds is 11. The lowest BCUT2D eigenvalue weighted by Gasteiger charge is -2.14. The third-order valence-corrected chi connectivity index (χ3v) is 5.48. The fourth-order valence-electron chi connectivity index (χ4n) is 2.98. The third-order valence-electron chi connectivity index (χ3n) is 4.57. The summed E-state index contributed by atoms with van der Waals surface area (Å²) in [6, 6.07) is 12.4. The fourth-order valence-corrected chi connectivity index (χ4v) is 3.85. The highest BCUT2D eigenvalue weighted by Gasteiger charge is 2.34. The quantitative estimate of drug-likeness (QED) is 0.377. The number of carbonyl (C=O) groups excluding carboxylic acids is 3. The van der Waals surface area contributed by atoms with Crippen LogP contribution in [0.2, 0.25) is 0 Å². The number of hydrogen-bond donors (Lipinski definition) is 1. The second-order valence-corrected chi connectivity index (χ2v) is 7.87. The number of alkyl halides is 2. The summed E-state index contributed by atoms with van der Waals surface area (Å²) in [7, 11) is 1.54. The maximum absolute atomic E-state index is 12.6. The van der Waals surface area contributed by atoms with Gasteiger partial charge in [0, 0.05) is 20.2 Å². The van der Waals surface area contributed by atoms with E-state index in [1.165, 1.54) is 30.3 Å². The zero-order valence-electron chi connectivity index (χ0n) is 18.2. The van der Waals surface area contributed by atoms with Gasteiger partial charge < -0.3 is 19.5 Å².